The Balaban J connectivity index is 1.58. The van der Waals surface area contributed by atoms with Crippen molar-refractivity contribution in [3.63, 3.8) is 0 Å². The first kappa shape index (κ1) is 14.3. The molecule has 112 valence electrons. The largest absolute Gasteiger partial charge is 0.357 e. The van der Waals surface area contributed by atoms with Crippen LogP contribution in [0.3, 0.4) is 0 Å². The molecular weight excluding hydrogens is 276 g/mol. The summed E-state index contributed by atoms with van der Waals surface area (Å²) >= 11 is 0. The van der Waals surface area contributed by atoms with E-state index < -0.39 is 0 Å². The highest BCUT2D eigenvalue weighted by molar-refractivity contribution is 6.01. The number of amides is 1. The van der Waals surface area contributed by atoms with E-state index in [4.69, 9.17) is 0 Å². The van der Waals surface area contributed by atoms with Crippen molar-refractivity contribution in [1.29, 1.82) is 0 Å². The average Bonchev–Trinajstić information content (AvgIpc) is 3.09. The third-order valence-electron chi connectivity index (χ3n) is 3.56. The maximum absolute atomic E-state index is 11.9. The van der Waals surface area contributed by atoms with Crippen molar-refractivity contribution in [2.24, 2.45) is 0 Å². The highest BCUT2D eigenvalue weighted by atomic mass is 16.1. The van der Waals surface area contributed by atoms with E-state index in [1.54, 1.807) is 24.7 Å². The third kappa shape index (κ3) is 3.69. The second-order valence-electron chi connectivity index (χ2n) is 5.21. The Morgan fingerprint density at radius 3 is 2.73 bits per heavy atom. The molecule has 0 atom stereocenters. The highest BCUT2D eigenvalue weighted by Gasteiger charge is 2.13. The van der Waals surface area contributed by atoms with Crippen LogP contribution in [0.15, 0.2) is 48.9 Å². The van der Waals surface area contributed by atoms with E-state index in [1.165, 1.54) is 18.9 Å². The van der Waals surface area contributed by atoms with Crippen LogP contribution >= 0.6 is 0 Å². The van der Waals surface area contributed by atoms with Gasteiger partial charge in [0.25, 0.3) is 0 Å². The molecular formula is C17H18N4O. The minimum atomic E-state index is -0.181. The second-order valence-corrected chi connectivity index (χ2v) is 5.21. The second kappa shape index (κ2) is 6.85. The Kier molecular flexibility index (Phi) is 4.44. The number of carbonyl (C=O) groups is 1. The smallest absolute Gasteiger partial charge is 0.248 e. The van der Waals surface area contributed by atoms with E-state index in [9.17, 15) is 4.79 Å². The molecule has 0 aliphatic carbocycles. The zero-order valence-corrected chi connectivity index (χ0v) is 12.3. The Morgan fingerprint density at radius 1 is 1.18 bits per heavy atom. The fourth-order valence-electron chi connectivity index (χ4n) is 2.42. The van der Waals surface area contributed by atoms with E-state index >= 15 is 0 Å². The highest BCUT2D eigenvalue weighted by Crippen LogP contribution is 2.19. The Labute approximate surface area is 129 Å². The lowest BCUT2D eigenvalue weighted by Gasteiger charge is -2.16. The number of hydrogen-bond acceptors (Lipinski definition) is 4. The summed E-state index contributed by atoms with van der Waals surface area (Å²) in [5.41, 5.74) is 1.59. The van der Waals surface area contributed by atoms with Crippen LogP contribution in [-0.4, -0.2) is 29.0 Å². The van der Waals surface area contributed by atoms with Gasteiger partial charge in [0.1, 0.15) is 5.82 Å². The van der Waals surface area contributed by atoms with Crippen molar-refractivity contribution < 1.29 is 4.79 Å². The summed E-state index contributed by atoms with van der Waals surface area (Å²) in [6.45, 7) is 2.12. The molecule has 5 heteroatoms. The van der Waals surface area contributed by atoms with Crippen molar-refractivity contribution in [1.82, 2.24) is 9.97 Å². The number of aromatic nitrogens is 2. The summed E-state index contributed by atoms with van der Waals surface area (Å²) < 4.78 is 0. The van der Waals surface area contributed by atoms with Gasteiger partial charge in [-0.05, 0) is 42.7 Å². The predicted octanol–water partition coefficient (Wildman–Crippen LogP) is 2.73. The predicted molar refractivity (Wildman–Crippen MR) is 87.6 cm³/mol. The minimum Gasteiger partial charge on any atom is -0.357 e. The van der Waals surface area contributed by atoms with Gasteiger partial charge in [-0.2, -0.15) is 0 Å². The molecule has 2 aromatic heterocycles. The van der Waals surface area contributed by atoms with Gasteiger partial charge >= 0.3 is 0 Å². The minimum absolute atomic E-state index is 0.181. The van der Waals surface area contributed by atoms with Crippen LogP contribution in [0.2, 0.25) is 0 Å². The Morgan fingerprint density at radius 2 is 2.05 bits per heavy atom. The lowest BCUT2D eigenvalue weighted by atomic mass is 10.2. The van der Waals surface area contributed by atoms with E-state index in [0.717, 1.165) is 24.5 Å². The molecule has 1 saturated heterocycles. The zero-order valence-electron chi connectivity index (χ0n) is 12.3. The van der Waals surface area contributed by atoms with Crippen molar-refractivity contribution in [2.45, 2.75) is 12.8 Å². The van der Waals surface area contributed by atoms with Gasteiger partial charge in [0.2, 0.25) is 5.91 Å². The van der Waals surface area contributed by atoms with Crippen LogP contribution in [0.4, 0.5) is 11.5 Å². The molecule has 0 saturated carbocycles. The van der Waals surface area contributed by atoms with Crippen LogP contribution in [0.5, 0.6) is 0 Å². The van der Waals surface area contributed by atoms with Gasteiger partial charge in [0.15, 0.2) is 0 Å². The van der Waals surface area contributed by atoms with Gasteiger partial charge in [-0.15, -0.1) is 0 Å². The zero-order chi connectivity index (χ0) is 15.2. The maximum Gasteiger partial charge on any atom is 0.248 e. The maximum atomic E-state index is 11.9. The first-order valence-corrected chi connectivity index (χ1v) is 7.41. The molecule has 0 bridgehead atoms. The molecule has 22 heavy (non-hydrogen) atoms. The van der Waals surface area contributed by atoms with E-state index in [0.29, 0.717) is 5.69 Å². The molecule has 0 unspecified atom stereocenters. The van der Waals surface area contributed by atoms with Crippen molar-refractivity contribution >= 4 is 23.5 Å². The van der Waals surface area contributed by atoms with Crippen LogP contribution in [-0.2, 0) is 4.79 Å². The fourth-order valence-corrected chi connectivity index (χ4v) is 2.42. The Hall–Kier alpha value is -2.69. The molecule has 1 amide bonds. The average molecular weight is 294 g/mol. The number of carbonyl (C=O) groups excluding carboxylic acids is 1. The molecule has 1 fully saturated rings. The monoisotopic (exact) mass is 294 g/mol. The molecule has 1 N–H and O–H groups in total. The molecule has 0 spiro atoms. The van der Waals surface area contributed by atoms with Gasteiger partial charge in [-0.3, -0.25) is 9.78 Å². The van der Waals surface area contributed by atoms with Crippen molar-refractivity contribution in [3.05, 3.63) is 54.5 Å². The summed E-state index contributed by atoms with van der Waals surface area (Å²) in [7, 11) is 0. The van der Waals surface area contributed by atoms with Gasteiger partial charge in [-0.25, -0.2) is 4.98 Å². The standard InChI is InChI=1S/C17H18N4O/c22-17(8-5-14-4-3-9-18-12-14)20-15-6-7-16(19-13-15)21-10-1-2-11-21/h3-9,12-13H,1-2,10-11H2,(H,20,22)/b8-5+. The molecule has 3 heterocycles. The number of rotatable bonds is 4. The number of nitrogens with one attached hydrogen (secondary N) is 1. The van der Waals surface area contributed by atoms with E-state index in [2.05, 4.69) is 20.2 Å². The SMILES string of the molecule is O=C(/C=C/c1cccnc1)Nc1ccc(N2CCCC2)nc1. The van der Waals surface area contributed by atoms with Crippen LogP contribution < -0.4 is 10.2 Å². The van der Waals surface area contributed by atoms with E-state index in [-0.39, 0.29) is 5.91 Å². The topological polar surface area (TPSA) is 58.1 Å². The summed E-state index contributed by atoms with van der Waals surface area (Å²) in [4.78, 5) is 22.5. The van der Waals surface area contributed by atoms with Gasteiger partial charge in [0.05, 0.1) is 11.9 Å². The molecule has 1 aliphatic heterocycles. The van der Waals surface area contributed by atoms with E-state index in [1.807, 2.05) is 24.3 Å². The van der Waals surface area contributed by atoms with Gasteiger partial charge < -0.3 is 10.2 Å². The van der Waals surface area contributed by atoms with Gasteiger partial charge in [0, 0.05) is 31.6 Å². The molecule has 1 aliphatic rings. The summed E-state index contributed by atoms with van der Waals surface area (Å²) in [6, 6.07) is 7.56. The molecule has 0 aromatic carbocycles. The first-order chi connectivity index (χ1) is 10.8. The summed E-state index contributed by atoms with van der Waals surface area (Å²) in [6.07, 6.45) is 10.8. The normalized spacial score (nSPS) is 14.5. The van der Waals surface area contributed by atoms with Crippen LogP contribution in [0.1, 0.15) is 18.4 Å². The van der Waals surface area contributed by atoms with Crippen LogP contribution in [0.25, 0.3) is 6.08 Å². The summed E-state index contributed by atoms with van der Waals surface area (Å²) in [5.74, 6) is 0.793. The molecule has 3 rings (SSSR count). The fraction of sp³-hybridized carbons (Fsp3) is 0.235. The lowest BCUT2D eigenvalue weighted by Crippen LogP contribution is -2.18. The van der Waals surface area contributed by atoms with Crippen molar-refractivity contribution in [3.8, 4) is 0 Å². The lowest BCUT2D eigenvalue weighted by molar-refractivity contribution is -0.111. The first-order valence-electron chi connectivity index (χ1n) is 7.41. The number of hydrogen-bond donors (Lipinski definition) is 1. The quantitative estimate of drug-likeness (QED) is 0.881. The molecule has 2 aromatic rings. The van der Waals surface area contributed by atoms with Gasteiger partial charge in [-0.1, -0.05) is 6.07 Å². The van der Waals surface area contributed by atoms with Crippen LogP contribution in [0, 0.1) is 0 Å². The molecule has 5 nitrogen and oxygen atoms in total. The number of anilines is 2. The van der Waals surface area contributed by atoms with Crippen molar-refractivity contribution in [2.75, 3.05) is 23.3 Å². The summed E-state index contributed by atoms with van der Waals surface area (Å²) in [5, 5.41) is 2.80. The molecule has 0 radical (unpaired) electrons. The number of pyridine rings is 2. The Bertz CT molecular complexity index is 646. The third-order valence-corrected chi connectivity index (χ3v) is 3.56. The number of nitrogens with zero attached hydrogens (tertiary/aromatic N) is 3.